The Balaban J connectivity index is 2.37. The summed E-state index contributed by atoms with van der Waals surface area (Å²) < 4.78 is 12.5. The summed E-state index contributed by atoms with van der Waals surface area (Å²) in [6.07, 6.45) is 1.70. The van der Waals surface area contributed by atoms with E-state index in [0.29, 0.717) is 6.61 Å². The van der Waals surface area contributed by atoms with Gasteiger partial charge in [-0.3, -0.25) is 9.48 Å². The number of fused-ring (bicyclic) bond motifs is 1. The fraction of sp³-hybridized carbons (Fsp3) is 0.333. The van der Waals surface area contributed by atoms with Gasteiger partial charge in [-0.1, -0.05) is 0 Å². The second kappa shape index (κ2) is 5.39. The number of ether oxygens (including phenoxy) is 2. The highest BCUT2D eigenvalue weighted by Crippen LogP contribution is 2.32. The average molecular weight is 313 g/mol. The first kappa shape index (κ1) is 12.9. The van der Waals surface area contributed by atoms with Gasteiger partial charge in [0.2, 0.25) is 0 Å². The maximum absolute atomic E-state index is 11.4. The molecule has 0 bridgehead atoms. The Morgan fingerprint density at radius 3 is 2.94 bits per heavy atom. The van der Waals surface area contributed by atoms with Gasteiger partial charge in [0.15, 0.2) is 0 Å². The van der Waals surface area contributed by atoms with Crippen molar-refractivity contribution in [3.8, 4) is 5.75 Å². The van der Waals surface area contributed by atoms with Gasteiger partial charge in [-0.05, 0) is 35.0 Å². The third kappa shape index (κ3) is 2.33. The third-order valence-corrected chi connectivity index (χ3v) is 3.35. The van der Waals surface area contributed by atoms with Crippen LogP contribution in [0.15, 0.2) is 22.8 Å². The highest BCUT2D eigenvalue weighted by Gasteiger charge is 2.12. The predicted octanol–water partition coefficient (Wildman–Crippen LogP) is 2.37. The van der Waals surface area contributed by atoms with E-state index in [2.05, 4.69) is 21.0 Å². The van der Waals surface area contributed by atoms with Crippen LogP contribution in [0.3, 0.4) is 0 Å². The van der Waals surface area contributed by atoms with Crippen LogP contribution in [0.4, 0.5) is 0 Å². The third-order valence-electron chi connectivity index (χ3n) is 2.53. The second-order valence-corrected chi connectivity index (χ2v) is 4.41. The van der Waals surface area contributed by atoms with Gasteiger partial charge in [-0.25, -0.2) is 0 Å². The van der Waals surface area contributed by atoms with E-state index in [1.165, 1.54) is 0 Å². The number of hydrogen-bond donors (Lipinski definition) is 0. The molecular formula is C12H13BrN2O3. The lowest BCUT2D eigenvalue weighted by Gasteiger charge is -2.06. The van der Waals surface area contributed by atoms with E-state index in [1.54, 1.807) is 24.9 Å². The number of rotatable bonds is 4. The van der Waals surface area contributed by atoms with Crippen molar-refractivity contribution in [2.75, 3.05) is 13.7 Å². The van der Waals surface area contributed by atoms with E-state index in [1.807, 2.05) is 12.1 Å². The lowest BCUT2D eigenvalue weighted by atomic mass is 10.2. The fourth-order valence-electron chi connectivity index (χ4n) is 1.71. The Kier molecular flexibility index (Phi) is 3.86. The zero-order valence-corrected chi connectivity index (χ0v) is 11.7. The van der Waals surface area contributed by atoms with Gasteiger partial charge in [-0.2, -0.15) is 5.10 Å². The van der Waals surface area contributed by atoms with Crippen LogP contribution in [0.25, 0.3) is 10.9 Å². The number of benzene rings is 1. The van der Waals surface area contributed by atoms with Crippen LogP contribution < -0.4 is 4.74 Å². The first-order valence-electron chi connectivity index (χ1n) is 5.51. The Bertz CT molecular complexity index is 580. The molecule has 0 radical (unpaired) electrons. The normalized spacial score (nSPS) is 10.6. The molecule has 2 aromatic rings. The molecule has 0 N–H and O–H groups in total. The summed E-state index contributed by atoms with van der Waals surface area (Å²) in [4.78, 5) is 11.4. The van der Waals surface area contributed by atoms with E-state index in [0.717, 1.165) is 21.1 Å². The summed E-state index contributed by atoms with van der Waals surface area (Å²) >= 11 is 3.46. The molecule has 1 aromatic carbocycles. The Morgan fingerprint density at radius 1 is 1.50 bits per heavy atom. The van der Waals surface area contributed by atoms with Crippen molar-refractivity contribution in [3.63, 3.8) is 0 Å². The molecule has 0 atom stereocenters. The van der Waals surface area contributed by atoms with Crippen molar-refractivity contribution in [3.05, 3.63) is 22.8 Å². The number of carbonyl (C=O) groups is 1. The predicted molar refractivity (Wildman–Crippen MR) is 70.6 cm³/mol. The Morgan fingerprint density at radius 2 is 2.28 bits per heavy atom. The highest BCUT2D eigenvalue weighted by atomic mass is 79.9. The molecule has 0 aliphatic heterocycles. The number of halogens is 1. The summed E-state index contributed by atoms with van der Waals surface area (Å²) in [6.45, 7) is 2.26. The van der Waals surface area contributed by atoms with E-state index < -0.39 is 0 Å². The maximum atomic E-state index is 11.4. The molecule has 18 heavy (non-hydrogen) atoms. The van der Waals surface area contributed by atoms with Crippen molar-refractivity contribution in [2.24, 2.45) is 0 Å². The Hall–Kier alpha value is -1.56. The average Bonchev–Trinajstić information content (AvgIpc) is 2.74. The lowest BCUT2D eigenvalue weighted by molar-refractivity contribution is -0.143. The number of nitrogens with zero attached hydrogens (tertiary/aromatic N) is 2. The second-order valence-electron chi connectivity index (χ2n) is 3.62. The first-order valence-corrected chi connectivity index (χ1v) is 6.30. The number of aromatic nitrogens is 2. The van der Waals surface area contributed by atoms with Gasteiger partial charge in [-0.15, -0.1) is 0 Å². The molecule has 1 heterocycles. The summed E-state index contributed by atoms with van der Waals surface area (Å²) in [6, 6.07) is 3.70. The molecule has 2 rings (SSSR count). The van der Waals surface area contributed by atoms with Gasteiger partial charge >= 0.3 is 5.97 Å². The van der Waals surface area contributed by atoms with E-state index in [-0.39, 0.29) is 12.5 Å². The molecule has 6 heteroatoms. The summed E-state index contributed by atoms with van der Waals surface area (Å²) in [7, 11) is 1.61. The largest absolute Gasteiger partial charge is 0.496 e. The van der Waals surface area contributed by atoms with Crippen LogP contribution in [-0.4, -0.2) is 29.5 Å². The van der Waals surface area contributed by atoms with Crippen molar-refractivity contribution in [1.29, 1.82) is 0 Å². The molecule has 5 nitrogen and oxygen atoms in total. The molecule has 0 spiro atoms. The standard InChI is InChI=1S/C12H13BrN2O3/c1-3-18-11(16)7-15-9-4-5-10(17-2)12(13)8(9)6-14-15/h4-6H,3,7H2,1-2H3. The number of hydrogen-bond acceptors (Lipinski definition) is 4. The number of methoxy groups -OCH3 is 1. The van der Waals surface area contributed by atoms with Gasteiger partial charge in [0.25, 0.3) is 0 Å². The van der Waals surface area contributed by atoms with Gasteiger partial charge < -0.3 is 9.47 Å². The minimum absolute atomic E-state index is 0.107. The smallest absolute Gasteiger partial charge is 0.327 e. The molecule has 0 aliphatic rings. The highest BCUT2D eigenvalue weighted by molar-refractivity contribution is 9.10. The molecule has 96 valence electrons. The van der Waals surface area contributed by atoms with Crippen molar-refractivity contribution >= 4 is 32.8 Å². The molecule has 0 amide bonds. The van der Waals surface area contributed by atoms with Crippen molar-refractivity contribution in [2.45, 2.75) is 13.5 Å². The minimum atomic E-state index is -0.297. The minimum Gasteiger partial charge on any atom is -0.496 e. The zero-order valence-electron chi connectivity index (χ0n) is 10.1. The molecule has 0 saturated carbocycles. The van der Waals surface area contributed by atoms with E-state index >= 15 is 0 Å². The van der Waals surface area contributed by atoms with Crippen LogP contribution >= 0.6 is 15.9 Å². The van der Waals surface area contributed by atoms with Crippen LogP contribution in [0.2, 0.25) is 0 Å². The molecule has 0 aliphatic carbocycles. The lowest BCUT2D eigenvalue weighted by Crippen LogP contribution is -2.14. The molecule has 1 aromatic heterocycles. The van der Waals surface area contributed by atoms with Crippen molar-refractivity contribution < 1.29 is 14.3 Å². The van der Waals surface area contributed by atoms with Crippen molar-refractivity contribution in [1.82, 2.24) is 9.78 Å². The fourth-order valence-corrected chi connectivity index (χ4v) is 2.31. The van der Waals surface area contributed by atoms with Gasteiger partial charge in [0.1, 0.15) is 12.3 Å². The van der Waals surface area contributed by atoms with Crippen LogP contribution in [0, 0.1) is 0 Å². The van der Waals surface area contributed by atoms with Crippen LogP contribution in [-0.2, 0) is 16.1 Å². The van der Waals surface area contributed by atoms with E-state index in [4.69, 9.17) is 9.47 Å². The summed E-state index contributed by atoms with van der Waals surface area (Å²) in [5.74, 6) is 0.438. The maximum Gasteiger partial charge on any atom is 0.327 e. The van der Waals surface area contributed by atoms with Gasteiger partial charge in [0.05, 0.1) is 29.9 Å². The Labute approximate surface area is 113 Å². The SMILES string of the molecule is CCOC(=O)Cn1ncc2c(Br)c(OC)ccc21. The molecule has 0 unspecified atom stereocenters. The van der Waals surface area contributed by atoms with Crippen LogP contribution in [0.1, 0.15) is 6.92 Å². The molecule has 0 fully saturated rings. The number of carbonyl (C=O) groups excluding carboxylic acids is 1. The molecule has 0 saturated heterocycles. The topological polar surface area (TPSA) is 53.4 Å². The van der Waals surface area contributed by atoms with E-state index in [9.17, 15) is 4.79 Å². The zero-order chi connectivity index (χ0) is 13.1. The summed E-state index contributed by atoms with van der Waals surface area (Å²) in [5, 5.41) is 5.09. The number of esters is 1. The molecular weight excluding hydrogens is 300 g/mol. The first-order chi connectivity index (χ1) is 8.67. The monoisotopic (exact) mass is 312 g/mol. The van der Waals surface area contributed by atoms with Gasteiger partial charge in [0, 0.05) is 5.39 Å². The summed E-state index contributed by atoms with van der Waals surface area (Å²) in [5.41, 5.74) is 0.857. The quantitative estimate of drug-likeness (QED) is 0.813. The van der Waals surface area contributed by atoms with Crippen LogP contribution in [0.5, 0.6) is 5.75 Å².